The molecule has 6 heteroatoms. The van der Waals surface area contributed by atoms with Gasteiger partial charge in [-0.3, -0.25) is 9.69 Å². The lowest BCUT2D eigenvalue weighted by atomic mass is 9.93. The highest BCUT2D eigenvalue weighted by molar-refractivity contribution is 7.00. The summed E-state index contributed by atoms with van der Waals surface area (Å²) < 4.78 is 8.60. The molecule has 1 saturated carbocycles. The van der Waals surface area contributed by atoms with Gasteiger partial charge in [0.05, 0.1) is 11.7 Å². The highest BCUT2D eigenvalue weighted by atomic mass is 32.1. The van der Waals surface area contributed by atoms with Crippen molar-refractivity contribution in [2.75, 3.05) is 13.1 Å². The molecule has 1 aliphatic heterocycles. The Balaban J connectivity index is 1.28. The molecule has 1 saturated heterocycles. The zero-order valence-corrected chi connectivity index (χ0v) is 14.7. The molecule has 128 valence electrons. The van der Waals surface area contributed by atoms with Gasteiger partial charge in [0, 0.05) is 25.6 Å². The van der Waals surface area contributed by atoms with E-state index in [2.05, 4.69) is 37.2 Å². The largest absolute Gasteiger partial charge is 0.353 e. The van der Waals surface area contributed by atoms with Crippen molar-refractivity contribution in [3.63, 3.8) is 0 Å². The van der Waals surface area contributed by atoms with Crippen molar-refractivity contribution in [2.45, 2.75) is 51.1 Å². The number of aromatic nitrogens is 2. The molecule has 1 atom stereocenters. The van der Waals surface area contributed by atoms with E-state index in [-0.39, 0.29) is 5.91 Å². The lowest BCUT2D eigenvalue weighted by Gasteiger charge is -2.32. The van der Waals surface area contributed by atoms with E-state index in [9.17, 15) is 4.79 Å². The summed E-state index contributed by atoms with van der Waals surface area (Å²) in [4.78, 5) is 14.4. The summed E-state index contributed by atoms with van der Waals surface area (Å²) in [6, 6.07) is 6.87. The van der Waals surface area contributed by atoms with Crippen LogP contribution in [-0.2, 0) is 11.3 Å². The third-order valence-electron chi connectivity index (χ3n) is 5.05. The molecular weight excluding hydrogens is 320 g/mol. The summed E-state index contributed by atoms with van der Waals surface area (Å²) in [6.07, 6.45) is 6.52. The van der Waals surface area contributed by atoms with Gasteiger partial charge in [0.2, 0.25) is 5.91 Å². The monoisotopic (exact) mass is 344 g/mol. The normalized spacial score (nSPS) is 21.9. The number of hydrogen-bond donors (Lipinski definition) is 1. The molecule has 0 bridgehead atoms. The molecule has 1 unspecified atom stereocenters. The van der Waals surface area contributed by atoms with Crippen LogP contribution in [0.4, 0.5) is 0 Å². The van der Waals surface area contributed by atoms with Gasteiger partial charge < -0.3 is 5.32 Å². The van der Waals surface area contributed by atoms with Crippen LogP contribution in [0, 0.1) is 5.92 Å². The Morgan fingerprint density at radius 3 is 3.00 bits per heavy atom. The van der Waals surface area contributed by atoms with Crippen LogP contribution in [0.5, 0.6) is 0 Å². The van der Waals surface area contributed by atoms with Crippen molar-refractivity contribution in [3.8, 4) is 0 Å². The molecule has 1 N–H and O–H groups in total. The van der Waals surface area contributed by atoms with Crippen molar-refractivity contribution in [3.05, 3.63) is 23.8 Å². The van der Waals surface area contributed by atoms with Crippen molar-refractivity contribution >= 4 is 28.7 Å². The fraction of sp³-hybridized carbons (Fsp3) is 0.611. The number of rotatable bonds is 6. The highest BCUT2D eigenvalue weighted by Crippen LogP contribution is 2.24. The Morgan fingerprint density at radius 2 is 2.12 bits per heavy atom. The fourth-order valence-electron chi connectivity index (χ4n) is 3.58. The maximum atomic E-state index is 11.9. The first kappa shape index (κ1) is 16.0. The first-order valence-corrected chi connectivity index (χ1v) is 9.72. The second-order valence-corrected chi connectivity index (χ2v) is 7.74. The van der Waals surface area contributed by atoms with Crippen LogP contribution in [0.25, 0.3) is 11.0 Å². The van der Waals surface area contributed by atoms with E-state index in [4.69, 9.17) is 0 Å². The summed E-state index contributed by atoms with van der Waals surface area (Å²) >= 11 is 1.27. The van der Waals surface area contributed by atoms with Crippen LogP contribution in [0.1, 0.15) is 44.1 Å². The third kappa shape index (κ3) is 4.11. The van der Waals surface area contributed by atoms with Crippen LogP contribution in [0.15, 0.2) is 18.2 Å². The Kier molecular flexibility index (Phi) is 4.76. The lowest BCUT2D eigenvalue weighted by Crippen LogP contribution is -2.35. The molecule has 1 aromatic heterocycles. The lowest BCUT2D eigenvalue weighted by molar-refractivity contribution is -0.121. The third-order valence-corrected chi connectivity index (χ3v) is 5.61. The second kappa shape index (κ2) is 7.15. The molecule has 0 spiro atoms. The van der Waals surface area contributed by atoms with Crippen LogP contribution in [-0.4, -0.2) is 38.7 Å². The summed E-state index contributed by atoms with van der Waals surface area (Å²) in [6.45, 7) is 3.22. The van der Waals surface area contributed by atoms with E-state index >= 15 is 0 Å². The van der Waals surface area contributed by atoms with E-state index < -0.39 is 0 Å². The van der Waals surface area contributed by atoms with E-state index in [1.165, 1.54) is 43.0 Å². The molecule has 1 aliphatic carbocycles. The molecular formula is C18H24N4OS. The van der Waals surface area contributed by atoms with Gasteiger partial charge in [-0.25, -0.2) is 0 Å². The average Bonchev–Trinajstić information content (AvgIpc) is 3.27. The molecule has 0 radical (unpaired) electrons. The smallest absolute Gasteiger partial charge is 0.220 e. The minimum Gasteiger partial charge on any atom is -0.353 e. The minimum absolute atomic E-state index is 0.246. The molecule has 1 aromatic carbocycles. The SMILES string of the molecule is O=C(CCC1CCCN(Cc2ccc3nsnc3c2)C1)NC1CC1. The van der Waals surface area contributed by atoms with Gasteiger partial charge >= 0.3 is 0 Å². The molecule has 2 aromatic rings. The van der Waals surface area contributed by atoms with Gasteiger partial charge in [-0.15, -0.1) is 0 Å². The first-order valence-electron chi connectivity index (χ1n) is 8.99. The Bertz CT molecular complexity index is 712. The fourth-order valence-corrected chi connectivity index (χ4v) is 4.09. The molecule has 4 rings (SSSR count). The predicted octanol–water partition coefficient (Wildman–Crippen LogP) is 2.96. The number of nitrogens with one attached hydrogen (secondary N) is 1. The number of likely N-dealkylation sites (tertiary alicyclic amines) is 1. The Morgan fingerprint density at radius 1 is 1.25 bits per heavy atom. The van der Waals surface area contributed by atoms with Crippen LogP contribution in [0.2, 0.25) is 0 Å². The summed E-state index contributed by atoms with van der Waals surface area (Å²) in [5, 5.41) is 3.09. The second-order valence-electron chi connectivity index (χ2n) is 7.21. The quantitative estimate of drug-likeness (QED) is 0.875. The summed E-state index contributed by atoms with van der Waals surface area (Å²) in [7, 11) is 0. The molecule has 1 amide bonds. The van der Waals surface area contributed by atoms with Gasteiger partial charge in [0.15, 0.2) is 0 Å². The number of carbonyl (C=O) groups is 1. The molecule has 2 fully saturated rings. The first-order chi connectivity index (χ1) is 11.8. The zero-order valence-electron chi connectivity index (χ0n) is 13.9. The van der Waals surface area contributed by atoms with Gasteiger partial charge in [0.25, 0.3) is 0 Å². The van der Waals surface area contributed by atoms with Crippen LogP contribution < -0.4 is 5.32 Å². The number of piperidine rings is 1. The molecule has 2 heterocycles. The number of fused-ring (bicyclic) bond motifs is 1. The maximum Gasteiger partial charge on any atom is 0.220 e. The van der Waals surface area contributed by atoms with E-state index in [1.54, 1.807) is 0 Å². The number of carbonyl (C=O) groups excluding carboxylic acids is 1. The highest BCUT2D eigenvalue weighted by Gasteiger charge is 2.24. The topological polar surface area (TPSA) is 58.1 Å². The van der Waals surface area contributed by atoms with Gasteiger partial charge in [-0.1, -0.05) is 6.07 Å². The zero-order chi connectivity index (χ0) is 16.4. The maximum absolute atomic E-state index is 11.9. The standard InChI is InChI=1S/C18H24N4OS/c23-18(19-15-5-6-15)8-4-13-2-1-9-22(11-13)12-14-3-7-16-17(10-14)21-24-20-16/h3,7,10,13,15H,1-2,4-6,8-9,11-12H2,(H,19,23). The molecule has 24 heavy (non-hydrogen) atoms. The summed E-state index contributed by atoms with van der Waals surface area (Å²) in [5.41, 5.74) is 3.30. The predicted molar refractivity (Wildman–Crippen MR) is 95.8 cm³/mol. The van der Waals surface area contributed by atoms with Crippen molar-refractivity contribution < 1.29 is 4.79 Å². The molecule has 2 aliphatic rings. The van der Waals surface area contributed by atoms with Gasteiger partial charge in [-0.2, -0.15) is 8.75 Å². The van der Waals surface area contributed by atoms with Crippen LogP contribution >= 0.6 is 11.7 Å². The van der Waals surface area contributed by atoms with Crippen molar-refractivity contribution in [1.82, 2.24) is 19.0 Å². The van der Waals surface area contributed by atoms with Crippen molar-refractivity contribution in [2.24, 2.45) is 5.92 Å². The number of benzene rings is 1. The summed E-state index contributed by atoms with van der Waals surface area (Å²) in [5.74, 6) is 0.893. The van der Waals surface area contributed by atoms with E-state index in [1.807, 2.05) is 0 Å². The number of amides is 1. The Labute approximate surface area is 146 Å². The Hall–Kier alpha value is -1.53. The van der Waals surface area contributed by atoms with Crippen molar-refractivity contribution in [1.29, 1.82) is 0 Å². The van der Waals surface area contributed by atoms with Gasteiger partial charge in [0.1, 0.15) is 11.0 Å². The van der Waals surface area contributed by atoms with E-state index in [0.717, 1.165) is 37.1 Å². The van der Waals surface area contributed by atoms with Crippen LogP contribution in [0.3, 0.4) is 0 Å². The minimum atomic E-state index is 0.246. The number of hydrogen-bond acceptors (Lipinski definition) is 5. The van der Waals surface area contributed by atoms with E-state index in [0.29, 0.717) is 18.4 Å². The van der Waals surface area contributed by atoms with Gasteiger partial charge in [-0.05, 0) is 62.3 Å². The molecule has 5 nitrogen and oxygen atoms in total. The average molecular weight is 344 g/mol. The number of nitrogens with zero attached hydrogens (tertiary/aromatic N) is 3.